The third-order valence-corrected chi connectivity index (χ3v) is 3.64. The first-order chi connectivity index (χ1) is 13.5. The first kappa shape index (κ1) is 24.2. The minimum Gasteiger partial charge on any atom is -0.489 e. The van der Waals surface area contributed by atoms with E-state index in [4.69, 9.17) is 11.2 Å². The predicted octanol–water partition coefficient (Wildman–Crippen LogP) is 3.00. The lowest BCUT2D eigenvalue weighted by molar-refractivity contribution is -0.115. The Morgan fingerprint density at radius 1 is 1.24 bits per heavy atom. The van der Waals surface area contributed by atoms with Gasteiger partial charge in [0.1, 0.15) is 17.7 Å². The molecule has 1 unspecified atom stereocenters. The van der Waals surface area contributed by atoms with E-state index in [-0.39, 0.29) is 48.3 Å². The van der Waals surface area contributed by atoms with Gasteiger partial charge in [-0.15, -0.1) is 30.4 Å². The van der Waals surface area contributed by atoms with Crippen molar-refractivity contribution in [3.63, 3.8) is 0 Å². The Morgan fingerprint density at radius 2 is 2.00 bits per heavy atom. The van der Waals surface area contributed by atoms with Crippen LogP contribution in [0.4, 0.5) is 10.1 Å². The van der Waals surface area contributed by atoms with Crippen LogP contribution in [0.1, 0.15) is 12.5 Å². The molecule has 0 radical (unpaired) electrons. The summed E-state index contributed by atoms with van der Waals surface area (Å²) in [5, 5.41) is 8.73. The highest BCUT2D eigenvalue weighted by Gasteiger charge is 2.08. The summed E-state index contributed by atoms with van der Waals surface area (Å²) in [6.07, 6.45) is 5.12. The first-order valence-corrected chi connectivity index (χ1v) is 8.73. The van der Waals surface area contributed by atoms with E-state index in [1.54, 1.807) is 43.4 Å². The maximum Gasteiger partial charge on any atom is 0.243 e. The molecule has 2 rings (SSSR count). The summed E-state index contributed by atoms with van der Waals surface area (Å²) < 4.78 is 18.8. The van der Waals surface area contributed by atoms with Crippen molar-refractivity contribution in [1.82, 2.24) is 10.6 Å². The maximum absolute atomic E-state index is 13.2. The second kappa shape index (κ2) is 12.6. The van der Waals surface area contributed by atoms with Gasteiger partial charge in [0.15, 0.2) is 5.96 Å². The van der Waals surface area contributed by atoms with Gasteiger partial charge in [0, 0.05) is 24.4 Å². The van der Waals surface area contributed by atoms with E-state index in [2.05, 4.69) is 26.9 Å². The van der Waals surface area contributed by atoms with Gasteiger partial charge in [-0.1, -0.05) is 18.1 Å². The fourth-order valence-corrected chi connectivity index (χ4v) is 2.33. The second-order valence-corrected chi connectivity index (χ2v) is 5.97. The lowest BCUT2D eigenvalue weighted by atomic mass is 10.2. The van der Waals surface area contributed by atoms with Gasteiger partial charge in [0.2, 0.25) is 5.91 Å². The number of anilines is 1. The number of carbonyl (C=O) groups is 1. The van der Waals surface area contributed by atoms with Crippen LogP contribution in [0.3, 0.4) is 0 Å². The fraction of sp³-hybridized carbons (Fsp3) is 0.238. The van der Waals surface area contributed by atoms with E-state index >= 15 is 0 Å². The van der Waals surface area contributed by atoms with Crippen LogP contribution in [-0.2, 0) is 4.79 Å². The van der Waals surface area contributed by atoms with Crippen molar-refractivity contribution in [2.45, 2.75) is 13.0 Å². The fourth-order valence-electron chi connectivity index (χ4n) is 2.33. The van der Waals surface area contributed by atoms with Crippen LogP contribution in [-0.4, -0.2) is 38.1 Å². The number of benzene rings is 2. The molecule has 0 aliphatic carbocycles. The molecule has 0 fully saturated rings. The summed E-state index contributed by atoms with van der Waals surface area (Å²) in [6, 6.07) is 13.0. The largest absolute Gasteiger partial charge is 0.489 e. The average Bonchev–Trinajstić information content (AvgIpc) is 2.68. The molecule has 0 spiro atoms. The van der Waals surface area contributed by atoms with Gasteiger partial charge in [0.25, 0.3) is 0 Å². The monoisotopic (exact) mass is 510 g/mol. The molecule has 0 saturated heterocycles. The number of nitrogens with zero attached hydrogens (tertiary/aromatic N) is 1. The number of halogens is 2. The molecule has 0 aliphatic heterocycles. The Hall–Kier alpha value is -2.80. The zero-order valence-electron chi connectivity index (χ0n) is 16.2. The summed E-state index contributed by atoms with van der Waals surface area (Å²) in [5.41, 5.74) is 1.32. The van der Waals surface area contributed by atoms with Crippen LogP contribution in [0.5, 0.6) is 5.75 Å². The Morgan fingerprint density at radius 3 is 2.69 bits per heavy atom. The van der Waals surface area contributed by atoms with Gasteiger partial charge >= 0.3 is 0 Å². The Bertz CT molecular complexity index is 883. The quantitative estimate of drug-likeness (QED) is 0.232. The topological polar surface area (TPSA) is 74.8 Å². The van der Waals surface area contributed by atoms with Crippen LogP contribution in [0.15, 0.2) is 53.5 Å². The number of amides is 1. The number of guanidine groups is 1. The number of ether oxygens (including phenoxy) is 1. The third kappa shape index (κ3) is 8.83. The molecule has 154 valence electrons. The number of terminal acetylenes is 1. The van der Waals surface area contributed by atoms with Crippen LogP contribution < -0.4 is 20.7 Å². The van der Waals surface area contributed by atoms with E-state index in [0.29, 0.717) is 29.5 Å². The van der Waals surface area contributed by atoms with Gasteiger partial charge in [0.05, 0.1) is 13.1 Å². The van der Waals surface area contributed by atoms with E-state index < -0.39 is 0 Å². The number of aliphatic imine (C=N–C) groups is 1. The average molecular weight is 510 g/mol. The van der Waals surface area contributed by atoms with E-state index in [0.717, 1.165) is 0 Å². The highest BCUT2D eigenvalue weighted by Crippen LogP contribution is 2.13. The number of carbonyl (C=O) groups excluding carboxylic acids is 1. The predicted molar refractivity (Wildman–Crippen MR) is 124 cm³/mol. The van der Waals surface area contributed by atoms with Crippen molar-refractivity contribution in [3.8, 4) is 18.1 Å². The first-order valence-electron chi connectivity index (χ1n) is 8.73. The Labute approximate surface area is 187 Å². The molecule has 6 nitrogen and oxygen atoms in total. The molecule has 2 aromatic rings. The van der Waals surface area contributed by atoms with Gasteiger partial charge in [-0.05, 0) is 37.3 Å². The molecule has 29 heavy (non-hydrogen) atoms. The van der Waals surface area contributed by atoms with E-state index in [1.807, 2.05) is 6.92 Å². The van der Waals surface area contributed by atoms with E-state index in [9.17, 15) is 9.18 Å². The molecular weight excluding hydrogens is 486 g/mol. The molecule has 0 aromatic heterocycles. The van der Waals surface area contributed by atoms with Gasteiger partial charge in [-0.3, -0.25) is 9.79 Å². The number of hydrogen-bond donors (Lipinski definition) is 3. The zero-order valence-corrected chi connectivity index (χ0v) is 18.6. The van der Waals surface area contributed by atoms with Gasteiger partial charge in [-0.25, -0.2) is 4.39 Å². The van der Waals surface area contributed by atoms with Crippen LogP contribution in [0.2, 0.25) is 0 Å². The number of rotatable bonds is 7. The minimum atomic E-state index is -0.353. The molecule has 1 amide bonds. The second-order valence-electron chi connectivity index (χ2n) is 5.97. The maximum atomic E-state index is 13.2. The summed E-state index contributed by atoms with van der Waals surface area (Å²) in [6.45, 7) is 2.29. The SMILES string of the molecule is C#Cc1cccc(NC(=O)CNC(=NC)NCC(C)Oc2cccc(F)c2)c1.I. The molecule has 2 aromatic carbocycles. The lowest BCUT2D eigenvalue weighted by Gasteiger charge is -2.17. The van der Waals surface area contributed by atoms with Crippen molar-refractivity contribution >= 4 is 41.5 Å². The molecule has 0 aliphatic rings. The summed E-state index contributed by atoms with van der Waals surface area (Å²) in [7, 11) is 1.60. The Balaban J connectivity index is 0.00000420. The molecule has 0 heterocycles. The lowest BCUT2D eigenvalue weighted by Crippen LogP contribution is -2.44. The summed E-state index contributed by atoms with van der Waals surface area (Å²) >= 11 is 0. The molecular formula is C21H24FIN4O2. The van der Waals surface area contributed by atoms with Crippen LogP contribution >= 0.6 is 24.0 Å². The normalized spacial score (nSPS) is 11.4. The Kier molecular flexibility index (Phi) is 10.5. The zero-order chi connectivity index (χ0) is 20.4. The minimum absolute atomic E-state index is 0. The highest BCUT2D eigenvalue weighted by atomic mass is 127. The summed E-state index contributed by atoms with van der Waals surface area (Å²) in [4.78, 5) is 16.1. The summed E-state index contributed by atoms with van der Waals surface area (Å²) in [5.74, 6) is 2.83. The van der Waals surface area contributed by atoms with Crippen molar-refractivity contribution in [2.24, 2.45) is 4.99 Å². The van der Waals surface area contributed by atoms with Crippen molar-refractivity contribution in [3.05, 3.63) is 59.9 Å². The molecule has 0 bridgehead atoms. The van der Waals surface area contributed by atoms with Crippen LogP contribution in [0.25, 0.3) is 0 Å². The molecule has 1 atom stereocenters. The van der Waals surface area contributed by atoms with Gasteiger partial charge in [-0.2, -0.15) is 0 Å². The van der Waals surface area contributed by atoms with Crippen LogP contribution in [0, 0.1) is 18.2 Å². The third-order valence-electron chi connectivity index (χ3n) is 3.64. The molecule has 8 heteroatoms. The standard InChI is InChI=1S/C21H23FN4O2.HI/c1-4-16-7-5-9-18(11-16)26-20(27)14-25-21(23-3)24-13-15(2)28-19-10-6-8-17(22)12-19;/h1,5-12,15H,13-14H2,2-3H3,(H,26,27)(H2,23,24,25);1H. The van der Waals surface area contributed by atoms with Crippen molar-refractivity contribution in [1.29, 1.82) is 0 Å². The van der Waals surface area contributed by atoms with E-state index in [1.165, 1.54) is 12.1 Å². The van der Waals surface area contributed by atoms with Crippen molar-refractivity contribution in [2.75, 3.05) is 25.5 Å². The van der Waals surface area contributed by atoms with Gasteiger partial charge < -0.3 is 20.7 Å². The van der Waals surface area contributed by atoms with Crippen molar-refractivity contribution < 1.29 is 13.9 Å². The highest BCUT2D eigenvalue weighted by molar-refractivity contribution is 14.0. The number of nitrogens with one attached hydrogen (secondary N) is 3. The smallest absolute Gasteiger partial charge is 0.243 e. The number of hydrogen-bond acceptors (Lipinski definition) is 3. The molecule has 3 N–H and O–H groups in total. The molecule has 0 saturated carbocycles.